The lowest BCUT2D eigenvalue weighted by molar-refractivity contribution is -0.384. The fraction of sp³-hybridized carbons (Fsp3) is 0.167. The van der Waals surface area contributed by atoms with Gasteiger partial charge in [-0.3, -0.25) is 20.3 Å². The first-order valence-corrected chi connectivity index (χ1v) is 9.97. The maximum Gasteiger partial charge on any atom is 0.334 e. The van der Waals surface area contributed by atoms with Crippen LogP contribution in [0.1, 0.15) is 0 Å². The van der Waals surface area contributed by atoms with E-state index in [1.54, 1.807) is 18.2 Å². The van der Waals surface area contributed by atoms with E-state index in [2.05, 4.69) is 31.0 Å². The van der Waals surface area contributed by atoms with Crippen LogP contribution in [0.4, 0.5) is 16.2 Å². The molecule has 14 nitrogen and oxygen atoms in total. The van der Waals surface area contributed by atoms with Crippen molar-refractivity contribution in [2.45, 2.75) is 6.54 Å². The van der Waals surface area contributed by atoms with Crippen LogP contribution >= 0.6 is 11.9 Å². The molecule has 33 heavy (non-hydrogen) atoms. The van der Waals surface area contributed by atoms with Gasteiger partial charge >= 0.3 is 6.03 Å². The van der Waals surface area contributed by atoms with E-state index >= 15 is 0 Å². The Kier molecular flexibility index (Phi) is 7.72. The third kappa shape index (κ3) is 6.37. The summed E-state index contributed by atoms with van der Waals surface area (Å²) in [5, 5.41) is 24.7. The molecule has 3 N–H and O–H groups in total. The molecule has 0 unspecified atom stereocenters. The standard InChI is InChI=1S/C18H18N8O6S/c1-31-14-7-6-11(8-15(14)32-2)17-20-23-25(22-17)10-16(27)33-24-21-18(28)19-12-4-3-5-13(9-12)26(29)30/h3-9,24H,10H2,1-2H3,(H2,19,21,28). The first kappa shape index (κ1) is 23.4. The number of methoxy groups -OCH3 is 2. The van der Waals surface area contributed by atoms with Crippen molar-refractivity contribution < 1.29 is 24.0 Å². The molecule has 0 bridgehead atoms. The smallest absolute Gasteiger partial charge is 0.334 e. The quantitative estimate of drug-likeness (QED) is 0.234. The second-order valence-corrected chi connectivity index (χ2v) is 7.04. The Bertz CT molecular complexity index is 1170. The third-order valence-electron chi connectivity index (χ3n) is 4.01. The minimum Gasteiger partial charge on any atom is -0.493 e. The highest BCUT2D eigenvalue weighted by molar-refractivity contribution is 8.11. The molecule has 0 saturated heterocycles. The van der Waals surface area contributed by atoms with Crippen molar-refractivity contribution in [3.8, 4) is 22.9 Å². The molecule has 1 heterocycles. The van der Waals surface area contributed by atoms with Crippen LogP contribution in [0.3, 0.4) is 0 Å². The molecule has 0 aliphatic carbocycles. The first-order chi connectivity index (χ1) is 15.9. The number of nitro groups is 1. The maximum absolute atomic E-state index is 12.1. The highest BCUT2D eigenvalue weighted by atomic mass is 32.2. The molecule has 0 aliphatic heterocycles. The van der Waals surface area contributed by atoms with Crippen molar-refractivity contribution >= 4 is 34.5 Å². The van der Waals surface area contributed by atoms with Gasteiger partial charge in [0.1, 0.15) is 6.54 Å². The van der Waals surface area contributed by atoms with E-state index in [-0.39, 0.29) is 23.7 Å². The van der Waals surface area contributed by atoms with E-state index in [0.717, 1.165) is 4.80 Å². The number of rotatable bonds is 9. The number of non-ortho nitro benzene ring substituents is 1. The molecule has 1 aromatic heterocycles. The van der Waals surface area contributed by atoms with Gasteiger partial charge in [0.15, 0.2) is 11.5 Å². The fourth-order valence-electron chi connectivity index (χ4n) is 2.54. The summed E-state index contributed by atoms with van der Waals surface area (Å²) in [7, 11) is 3.03. The Balaban J connectivity index is 1.48. The van der Waals surface area contributed by atoms with Gasteiger partial charge in [-0.25, -0.2) is 4.79 Å². The number of benzene rings is 2. The number of hydrogen-bond donors (Lipinski definition) is 3. The molecule has 2 amide bonds. The maximum atomic E-state index is 12.1. The van der Waals surface area contributed by atoms with Gasteiger partial charge in [-0.05, 0) is 29.5 Å². The molecule has 0 spiro atoms. The largest absolute Gasteiger partial charge is 0.493 e. The third-order valence-corrected chi connectivity index (χ3v) is 4.57. The van der Waals surface area contributed by atoms with Crippen molar-refractivity contribution in [3.05, 3.63) is 52.6 Å². The number of ether oxygens (including phenoxy) is 2. The molecule has 2 aromatic carbocycles. The second-order valence-electron chi connectivity index (χ2n) is 6.18. The summed E-state index contributed by atoms with van der Waals surface area (Å²) >= 11 is 0.600. The van der Waals surface area contributed by atoms with Gasteiger partial charge in [-0.1, -0.05) is 6.07 Å². The van der Waals surface area contributed by atoms with Crippen LogP contribution in [-0.4, -0.2) is 50.5 Å². The Morgan fingerprint density at radius 1 is 1.15 bits per heavy atom. The zero-order valence-electron chi connectivity index (χ0n) is 17.3. The van der Waals surface area contributed by atoms with E-state index in [4.69, 9.17) is 9.47 Å². The number of amides is 2. The minimum absolute atomic E-state index is 0.168. The van der Waals surface area contributed by atoms with Gasteiger partial charge in [-0.15, -0.1) is 10.2 Å². The first-order valence-electron chi connectivity index (χ1n) is 9.16. The molecule has 3 aromatic rings. The Labute approximate surface area is 190 Å². The molecule has 0 saturated carbocycles. The summed E-state index contributed by atoms with van der Waals surface area (Å²) in [6, 6.07) is 9.80. The average molecular weight is 474 g/mol. The normalized spacial score (nSPS) is 10.4. The van der Waals surface area contributed by atoms with Gasteiger partial charge in [0.05, 0.1) is 19.1 Å². The highest BCUT2D eigenvalue weighted by Crippen LogP contribution is 2.30. The number of nitrogens with one attached hydrogen (secondary N) is 3. The van der Waals surface area contributed by atoms with Gasteiger partial charge in [0.2, 0.25) is 10.9 Å². The van der Waals surface area contributed by atoms with E-state index in [1.165, 1.54) is 38.5 Å². The summed E-state index contributed by atoms with van der Waals surface area (Å²) in [5.41, 5.74) is 2.90. The molecule has 3 rings (SSSR count). The summed E-state index contributed by atoms with van der Waals surface area (Å²) in [6.45, 7) is -0.216. The van der Waals surface area contributed by atoms with Crippen LogP contribution in [0.5, 0.6) is 11.5 Å². The summed E-state index contributed by atoms with van der Waals surface area (Å²) in [4.78, 5) is 37.6. The van der Waals surface area contributed by atoms with E-state index < -0.39 is 16.1 Å². The fourth-order valence-corrected chi connectivity index (χ4v) is 2.97. The second kappa shape index (κ2) is 10.9. The van der Waals surface area contributed by atoms with Crippen LogP contribution in [0.25, 0.3) is 11.4 Å². The van der Waals surface area contributed by atoms with Gasteiger partial charge in [-0.2, -0.15) is 9.63 Å². The van der Waals surface area contributed by atoms with Crippen molar-refractivity contribution in [1.29, 1.82) is 0 Å². The van der Waals surface area contributed by atoms with E-state index in [0.29, 0.717) is 29.0 Å². The molecule has 172 valence electrons. The van der Waals surface area contributed by atoms with Gasteiger partial charge in [0, 0.05) is 35.3 Å². The number of nitro benzene ring substituents is 1. The lowest BCUT2D eigenvalue weighted by Crippen LogP contribution is -2.37. The van der Waals surface area contributed by atoms with Crippen LogP contribution < -0.4 is 25.0 Å². The molecule has 0 fully saturated rings. The minimum atomic E-state index is -0.717. The van der Waals surface area contributed by atoms with Crippen molar-refractivity contribution in [2.75, 3.05) is 19.5 Å². The molecular formula is C18H18N8O6S. The number of carbonyl (C=O) groups is 2. The van der Waals surface area contributed by atoms with Crippen LogP contribution in [-0.2, 0) is 11.3 Å². The summed E-state index contributed by atoms with van der Waals surface area (Å²) < 4.78 is 10.4. The van der Waals surface area contributed by atoms with E-state index in [9.17, 15) is 19.7 Å². The Morgan fingerprint density at radius 2 is 1.94 bits per heavy atom. The summed E-state index contributed by atoms with van der Waals surface area (Å²) in [6.07, 6.45) is 0. The average Bonchev–Trinajstić information content (AvgIpc) is 3.27. The predicted molar refractivity (Wildman–Crippen MR) is 117 cm³/mol. The van der Waals surface area contributed by atoms with Crippen molar-refractivity contribution in [1.82, 2.24) is 30.5 Å². The number of hydrogen-bond acceptors (Lipinski definition) is 11. The number of hydrazine groups is 1. The molecule has 15 heteroatoms. The number of carbonyl (C=O) groups excluding carboxylic acids is 2. The molecule has 0 radical (unpaired) electrons. The number of nitrogens with zero attached hydrogens (tertiary/aromatic N) is 5. The molecule has 0 aliphatic rings. The zero-order chi connectivity index (χ0) is 23.8. The molecule has 0 atom stereocenters. The topological polar surface area (TPSA) is 175 Å². The number of aromatic nitrogens is 4. The Hall–Kier alpha value is -4.24. The van der Waals surface area contributed by atoms with Gasteiger partial charge in [0.25, 0.3) is 5.69 Å². The van der Waals surface area contributed by atoms with Crippen molar-refractivity contribution in [3.63, 3.8) is 0 Å². The predicted octanol–water partition coefficient (Wildman–Crippen LogP) is 1.77. The zero-order valence-corrected chi connectivity index (χ0v) is 18.2. The van der Waals surface area contributed by atoms with Crippen LogP contribution in [0, 0.1) is 10.1 Å². The monoisotopic (exact) mass is 474 g/mol. The number of urea groups is 1. The lowest BCUT2D eigenvalue weighted by Gasteiger charge is -2.08. The van der Waals surface area contributed by atoms with Gasteiger partial charge < -0.3 is 14.8 Å². The summed E-state index contributed by atoms with van der Waals surface area (Å²) in [5.74, 6) is 1.33. The SMILES string of the molecule is COc1ccc(-c2nnn(CC(=O)SNNC(=O)Nc3cccc([N+](=O)[O-])c3)n2)cc1OC. The number of tetrazole rings is 1. The highest BCUT2D eigenvalue weighted by Gasteiger charge is 2.13. The van der Waals surface area contributed by atoms with E-state index in [1.807, 2.05) is 0 Å². The lowest BCUT2D eigenvalue weighted by atomic mass is 10.2. The van der Waals surface area contributed by atoms with Crippen LogP contribution in [0.2, 0.25) is 0 Å². The van der Waals surface area contributed by atoms with Crippen LogP contribution in [0.15, 0.2) is 42.5 Å². The van der Waals surface area contributed by atoms with Crippen molar-refractivity contribution in [2.24, 2.45) is 0 Å². The molecular weight excluding hydrogens is 456 g/mol. The Morgan fingerprint density at radius 3 is 2.67 bits per heavy atom. The number of anilines is 1.